The van der Waals surface area contributed by atoms with Gasteiger partial charge in [0.15, 0.2) is 5.78 Å². The maximum atomic E-state index is 11.9. The predicted octanol–water partition coefficient (Wildman–Crippen LogP) is 2.88. The van der Waals surface area contributed by atoms with Crippen LogP contribution in [0.5, 0.6) is 5.75 Å². The van der Waals surface area contributed by atoms with Gasteiger partial charge in [-0.25, -0.2) is 0 Å². The number of hydrogen-bond acceptors (Lipinski definition) is 3. The van der Waals surface area contributed by atoms with Crippen molar-refractivity contribution in [1.29, 1.82) is 0 Å². The van der Waals surface area contributed by atoms with E-state index < -0.39 is 0 Å². The molecule has 0 atom stereocenters. The van der Waals surface area contributed by atoms with Crippen LogP contribution in [0.4, 0.5) is 0 Å². The topological polar surface area (TPSA) is 29.5 Å². The molecule has 0 unspecified atom stereocenters. The number of allylic oxidation sites excluding steroid dienone is 1. The molecule has 0 spiro atoms. The highest BCUT2D eigenvalue weighted by molar-refractivity contribution is 6.04. The zero-order valence-corrected chi connectivity index (χ0v) is 10.8. The maximum Gasteiger partial charge on any atom is 0.187 e. The van der Waals surface area contributed by atoms with E-state index in [1.807, 2.05) is 18.3 Å². The zero-order valence-electron chi connectivity index (χ0n) is 10.8. The van der Waals surface area contributed by atoms with Crippen molar-refractivity contribution in [1.82, 2.24) is 4.90 Å². The minimum Gasteiger partial charge on any atom is -0.497 e. The highest BCUT2D eigenvalue weighted by Gasteiger charge is 2.07. The zero-order chi connectivity index (χ0) is 12.8. The molecule has 18 heavy (non-hydrogen) atoms. The summed E-state index contributed by atoms with van der Waals surface area (Å²) in [6.07, 6.45) is 7.33. The smallest absolute Gasteiger partial charge is 0.187 e. The van der Waals surface area contributed by atoms with Crippen molar-refractivity contribution >= 4 is 5.78 Å². The Balaban J connectivity index is 1.95. The lowest BCUT2D eigenvalue weighted by Crippen LogP contribution is -2.24. The van der Waals surface area contributed by atoms with Gasteiger partial charge >= 0.3 is 0 Å². The van der Waals surface area contributed by atoms with Gasteiger partial charge in [-0.1, -0.05) is 0 Å². The summed E-state index contributed by atoms with van der Waals surface area (Å²) >= 11 is 0. The summed E-state index contributed by atoms with van der Waals surface area (Å²) in [6.45, 7) is 2.12. The minimum atomic E-state index is 0.0447. The Morgan fingerprint density at radius 1 is 1.17 bits per heavy atom. The summed E-state index contributed by atoms with van der Waals surface area (Å²) < 4.78 is 5.07. The van der Waals surface area contributed by atoms with Gasteiger partial charge in [0.2, 0.25) is 0 Å². The van der Waals surface area contributed by atoms with E-state index in [-0.39, 0.29) is 5.78 Å². The average Bonchev–Trinajstić information content (AvgIpc) is 2.46. The Kier molecular flexibility index (Phi) is 4.40. The number of nitrogens with zero attached hydrogens (tertiary/aromatic N) is 1. The van der Waals surface area contributed by atoms with Gasteiger partial charge in [-0.3, -0.25) is 4.79 Å². The summed E-state index contributed by atoms with van der Waals surface area (Å²) in [5, 5.41) is 0. The lowest BCUT2D eigenvalue weighted by Gasteiger charge is -2.24. The van der Waals surface area contributed by atoms with Gasteiger partial charge in [-0.15, -0.1) is 0 Å². The number of piperidine rings is 1. The molecule has 0 amide bonds. The van der Waals surface area contributed by atoms with Gasteiger partial charge in [0.1, 0.15) is 5.75 Å². The first-order valence-corrected chi connectivity index (χ1v) is 6.40. The monoisotopic (exact) mass is 245 g/mol. The highest BCUT2D eigenvalue weighted by Crippen LogP contribution is 2.13. The van der Waals surface area contributed by atoms with Crippen molar-refractivity contribution in [2.24, 2.45) is 0 Å². The summed E-state index contributed by atoms with van der Waals surface area (Å²) in [5.41, 5.74) is 0.698. The molecule has 3 nitrogen and oxygen atoms in total. The van der Waals surface area contributed by atoms with Crippen LogP contribution in [-0.4, -0.2) is 30.9 Å². The fourth-order valence-electron chi connectivity index (χ4n) is 2.09. The Morgan fingerprint density at radius 2 is 1.83 bits per heavy atom. The minimum absolute atomic E-state index is 0.0447. The SMILES string of the molecule is COc1ccc(C(=O)/C=C\N2CCCCC2)cc1. The third-order valence-electron chi connectivity index (χ3n) is 3.20. The van der Waals surface area contributed by atoms with Gasteiger partial charge in [0.05, 0.1) is 7.11 Å². The van der Waals surface area contributed by atoms with E-state index in [2.05, 4.69) is 4.90 Å². The molecule has 0 aromatic heterocycles. The molecule has 0 N–H and O–H groups in total. The van der Waals surface area contributed by atoms with Crippen LogP contribution in [-0.2, 0) is 0 Å². The predicted molar refractivity (Wildman–Crippen MR) is 71.9 cm³/mol. The lowest BCUT2D eigenvalue weighted by molar-refractivity contribution is 0.104. The normalized spacial score (nSPS) is 15.9. The van der Waals surface area contributed by atoms with Crippen LogP contribution < -0.4 is 4.74 Å². The Labute approximate surface area is 108 Å². The number of hydrogen-bond donors (Lipinski definition) is 0. The Bertz CT molecular complexity index is 417. The second-order valence-corrected chi connectivity index (χ2v) is 4.51. The fourth-order valence-corrected chi connectivity index (χ4v) is 2.09. The number of carbonyl (C=O) groups excluding carboxylic acids is 1. The summed E-state index contributed by atoms with van der Waals surface area (Å²) in [4.78, 5) is 14.1. The number of rotatable bonds is 4. The summed E-state index contributed by atoms with van der Waals surface area (Å²) in [7, 11) is 1.62. The number of likely N-dealkylation sites (tertiary alicyclic amines) is 1. The average molecular weight is 245 g/mol. The molecular weight excluding hydrogens is 226 g/mol. The third kappa shape index (κ3) is 3.36. The van der Waals surface area contributed by atoms with Crippen LogP contribution in [0.25, 0.3) is 0 Å². The highest BCUT2D eigenvalue weighted by atomic mass is 16.5. The van der Waals surface area contributed by atoms with Crippen LogP contribution in [0.2, 0.25) is 0 Å². The maximum absolute atomic E-state index is 11.9. The fraction of sp³-hybridized carbons (Fsp3) is 0.400. The molecule has 1 aliphatic rings. The Hall–Kier alpha value is -1.77. The summed E-state index contributed by atoms with van der Waals surface area (Å²) in [6, 6.07) is 7.20. The van der Waals surface area contributed by atoms with E-state index in [0.717, 1.165) is 18.8 Å². The van der Waals surface area contributed by atoms with E-state index in [1.165, 1.54) is 19.3 Å². The van der Waals surface area contributed by atoms with Gasteiger partial charge < -0.3 is 9.64 Å². The first-order valence-electron chi connectivity index (χ1n) is 6.40. The van der Waals surface area contributed by atoms with Gasteiger partial charge in [-0.2, -0.15) is 0 Å². The van der Waals surface area contributed by atoms with Crippen molar-refractivity contribution in [2.75, 3.05) is 20.2 Å². The molecule has 1 aromatic carbocycles. The summed E-state index contributed by atoms with van der Waals surface area (Å²) in [5.74, 6) is 0.815. The number of benzene rings is 1. The number of ketones is 1. The van der Waals surface area contributed by atoms with Crippen LogP contribution >= 0.6 is 0 Å². The van der Waals surface area contributed by atoms with Crippen LogP contribution in [0.15, 0.2) is 36.5 Å². The molecule has 1 heterocycles. The molecular formula is C15H19NO2. The molecule has 1 aliphatic heterocycles. The quantitative estimate of drug-likeness (QED) is 0.603. The number of carbonyl (C=O) groups is 1. The van der Waals surface area contributed by atoms with Crippen molar-refractivity contribution < 1.29 is 9.53 Å². The first kappa shape index (κ1) is 12.7. The van der Waals surface area contributed by atoms with E-state index in [0.29, 0.717) is 5.56 Å². The van der Waals surface area contributed by atoms with E-state index >= 15 is 0 Å². The van der Waals surface area contributed by atoms with Crippen molar-refractivity contribution in [2.45, 2.75) is 19.3 Å². The van der Waals surface area contributed by atoms with Crippen LogP contribution in [0, 0.1) is 0 Å². The molecule has 1 saturated heterocycles. The van der Waals surface area contributed by atoms with E-state index in [9.17, 15) is 4.79 Å². The molecule has 2 rings (SSSR count). The van der Waals surface area contributed by atoms with Gasteiger partial charge in [-0.05, 0) is 43.5 Å². The molecule has 0 saturated carbocycles. The molecule has 0 aliphatic carbocycles. The molecule has 0 bridgehead atoms. The van der Waals surface area contributed by atoms with Gasteiger partial charge in [0.25, 0.3) is 0 Å². The Morgan fingerprint density at radius 3 is 2.44 bits per heavy atom. The molecule has 3 heteroatoms. The van der Waals surface area contributed by atoms with Crippen molar-refractivity contribution in [3.05, 3.63) is 42.1 Å². The first-order chi connectivity index (χ1) is 8.79. The lowest BCUT2D eigenvalue weighted by atomic mass is 10.1. The van der Waals surface area contributed by atoms with Crippen LogP contribution in [0.1, 0.15) is 29.6 Å². The standard InChI is InChI=1S/C15H19NO2/c1-18-14-7-5-13(6-8-14)15(17)9-12-16-10-3-2-4-11-16/h5-9,12H,2-4,10-11H2,1H3/b12-9-. The molecule has 1 fully saturated rings. The van der Waals surface area contributed by atoms with E-state index in [4.69, 9.17) is 4.74 Å². The van der Waals surface area contributed by atoms with Crippen LogP contribution in [0.3, 0.4) is 0 Å². The number of ether oxygens (including phenoxy) is 1. The van der Waals surface area contributed by atoms with Crippen molar-refractivity contribution in [3.8, 4) is 5.75 Å². The van der Waals surface area contributed by atoms with Crippen molar-refractivity contribution in [3.63, 3.8) is 0 Å². The second-order valence-electron chi connectivity index (χ2n) is 4.51. The molecule has 96 valence electrons. The number of methoxy groups -OCH3 is 1. The molecule has 1 aromatic rings. The van der Waals surface area contributed by atoms with Gasteiger partial charge in [0, 0.05) is 30.9 Å². The molecule has 0 radical (unpaired) electrons. The van der Waals surface area contributed by atoms with E-state index in [1.54, 1.807) is 25.3 Å². The second kappa shape index (κ2) is 6.24. The third-order valence-corrected chi connectivity index (χ3v) is 3.20. The largest absolute Gasteiger partial charge is 0.497 e.